The highest BCUT2D eigenvalue weighted by molar-refractivity contribution is 7.33. The van der Waals surface area contributed by atoms with Crippen molar-refractivity contribution in [2.75, 3.05) is 0 Å². The Morgan fingerprint density at radius 2 is 2.00 bits per heavy atom. The van der Waals surface area contributed by atoms with Gasteiger partial charge in [0, 0.05) is 4.57 Å². The van der Waals surface area contributed by atoms with E-state index in [1.807, 2.05) is 0 Å². The minimum absolute atomic E-state index is 1.22. The van der Waals surface area contributed by atoms with Crippen LogP contribution in [0.3, 0.4) is 0 Å². The van der Waals surface area contributed by atoms with E-state index in [4.69, 9.17) is 10.3 Å². The Morgan fingerprint density at radius 3 is 2.30 bits per heavy atom. The quantitative estimate of drug-likeness (QED) is 0.344. The molecular weight excluding hydrogens is 184 g/mol. The van der Waals surface area contributed by atoms with E-state index in [9.17, 15) is 14.0 Å². The van der Waals surface area contributed by atoms with Crippen molar-refractivity contribution >= 4 is 22.6 Å². The Labute approximate surface area is 57.0 Å². The maximum atomic E-state index is 9.70. The summed E-state index contributed by atoms with van der Waals surface area (Å²) in [5.41, 5.74) is 0. The molecule has 0 aromatic rings. The largest absolute Gasteiger partial charge is 0.752 e. The van der Waals surface area contributed by atoms with E-state index in [1.54, 1.807) is 0 Å². The smallest absolute Gasteiger partial charge is 0.558 e. The van der Waals surface area contributed by atoms with E-state index >= 15 is 0 Å². The highest BCUT2D eigenvalue weighted by atomic mass is 31.1. The Morgan fingerprint density at radius 1 is 1.50 bits per heavy atom. The molecular formula is CH2NO6P2+. The van der Waals surface area contributed by atoms with Gasteiger partial charge in [-0.2, -0.15) is 9.05 Å². The molecule has 10 heavy (non-hydrogen) atoms. The molecule has 0 rings (SSSR count). The molecule has 56 valence electrons. The summed E-state index contributed by atoms with van der Waals surface area (Å²) >= 11 is 0. The monoisotopic (exact) mass is 186 g/mol. The van der Waals surface area contributed by atoms with Crippen LogP contribution in [0.1, 0.15) is 0 Å². The van der Waals surface area contributed by atoms with Crippen molar-refractivity contribution in [3.63, 3.8) is 0 Å². The summed E-state index contributed by atoms with van der Waals surface area (Å²) in [5.74, 6) is 0. The van der Waals surface area contributed by atoms with Crippen LogP contribution in [0.5, 0.6) is 0 Å². The predicted octanol–water partition coefficient (Wildman–Crippen LogP) is -0.378. The summed E-state index contributed by atoms with van der Waals surface area (Å²) in [6, 6.07) is 0. The first kappa shape index (κ1) is 9.39. The van der Waals surface area contributed by atoms with E-state index in [0.29, 0.717) is 0 Å². The van der Waals surface area contributed by atoms with Gasteiger partial charge >= 0.3 is 22.6 Å². The molecule has 7 nitrogen and oxygen atoms in total. The van der Waals surface area contributed by atoms with Crippen molar-refractivity contribution in [2.45, 2.75) is 0 Å². The lowest BCUT2D eigenvalue weighted by Gasteiger charge is -1.84. The molecule has 0 aliphatic carbocycles. The van der Waals surface area contributed by atoms with Gasteiger partial charge in [0.15, 0.2) is 0 Å². The third-order valence-corrected chi connectivity index (χ3v) is 0.955. The molecule has 2 N–H and O–H groups in total. The van der Waals surface area contributed by atoms with E-state index in [2.05, 4.69) is 9.05 Å². The Bertz CT molecular complexity index is 159. The second-order valence-electron chi connectivity index (χ2n) is 0.931. The summed E-state index contributed by atoms with van der Waals surface area (Å²) in [6.07, 6.45) is -1.22. The first-order chi connectivity index (χ1) is 4.52. The molecule has 0 aromatic heterocycles. The van der Waals surface area contributed by atoms with Gasteiger partial charge in [0.25, 0.3) is 0 Å². The molecule has 0 aliphatic rings. The van der Waals surface area contributed by atoms with Crippen LogP contribution in [0.25, 0.3) is 0 Å². The van der Waals surface area contributed by atoms with Gasteiger partial charge in [0.05, 0.1) is 0 Å². The van der Waals surface area contributed by atoms with Crippen LogP contribution in [0, 0.1) is 5.41 Å². The van der Waals surface area contributed by atoms with Crippen LogP contribution in [0.15, 0.2) is 0 Å². The molecule has 0 aromatic carbocycles. The molecule has 0 fully saturated rings. The van der Waals surface area contributed by atoms with Gasteiger partial charge in [-0.3, -0.25) is 0 Å². The van der Waals surface area contributed by atoms with Gasteiger partial charge in [-0.1, -0.05) is 0 Å². The summed E-state index contributed by atoms with van der Waals surface area (Å²) in [4.78, 5) is 17.5. The van der Waals surface area contributed by atoms with Gasteiger partial charge in [-0.05, 0) is 4.57 Å². The topological polar surface area (TPSA) is 120 Å². The van der Waals surface area contributed by atoms with E-state index in [1.165, 1.54) is 0 Å². The van der Waals surface area contributed by atoms with Crippen molar-refractivity contribution in [1.82, 2.24) is 0 Å². The predicted molar refractivity (Wildman–Crippen MR) is 27.3 cm³/mol. The highest BCUT2D eigenvalue weighted by Gasteiger charge is 2.23. The first-order valence-corrected chi connectivity index (χ1v) is 4.00. The van der Waals surface area contributed by atoms with Gasteiger partial charge in [0.2, 0.25) is 0 Å². The second kappa shape index (κ2) is 4.24. The molecule has 0 saturated heterocycles. The van der Waals surface area contributed by atoms with Crippen LogP contribution in [0.4, 0.5) is 0 Å². The number of hydrogen-bond donors (Lipinski definition) is 2. The molecule has 0 radical (unpaired) electrons. The lowest BCUT2D eigenvalue weighted by Crippen LogP contribution is -2.01. The number of nitrogens with one attached hydrogen (secondary N) is 1. The van der Waals surface area contributed by atoms with Crippen LogP contribution in [0.2, 0.25) is 0 Å². The molecule has 0 saturated carbocycles. The zero-order valence-corrected chi connectivity index (χ0v) is 6.17. The van der Waals surface area contributed by atoms with Crippen LogP contribution >= 0.6 is 16.5 Å². The highest BCUT2D eigenvalue weighted by Crippen LogP contribution is 2.19. The second-order valence-corrected chi connectivity index (χ2v) is 2.22. The van der Waals surface area contributed by atoms with E-state index in [0.717, 1.165) is 0 Å². The lowest BCUT2D eigenvalue weighted by atomic mass is 11.4. The van der Waals surface area contributed by atoms with Crippen molar-refractivity contribution in [1.29, 1.82) is 5.41 Å². The molecule has 0 amide bonds. The third-order valence-electron chi connectivity index (χ3n) is 0.318. The third kappa shape index (κ3) is 5.53. The standard InChI is InChI=1S/CHNO6P2/c2-1(7-9(3)4)8-10(5)6/h2H/p+1. The Balaban J connectivity index is 3.65. The number of hydrogen-bond acceptors (Lipinski definition) is 6. The summed E-state index contributed by atoms with van der Waals surface area (Å²) in [6.45, 7) is 0. The molecule has 0 aliphatic heterocycles. The molecule has 2 atom stereocenters. The lowest BCUT2D eigenvalue weighted by molar-refractivity contribution is -0.180. The van der Waals surface area contributed by atoms with Crippen LogP contribution < -0.4 is 4.89 Å². The Hall–Kier alpha value is -0.610. The molecule has 0 heterocycles. The number of rotatable bonds is 2. The van der Waals surface area contributed by atoms with Gasteiger partial charge < -0.3 is 4.89 Å². The van der Waals surface area contributed by atoms with Crippen LogP contribution in [-0.2, 0) is 18.2 Å². The van der Waals surface area contributed by atoms with E-state index in [-0.39, 0.29) is 0 Å². The minimum Gasteiger partial charge on any atom is -0.558 e. The summed E-state index contributed by atoms with van der Waals surface area (Å²) < 4.78 is 26.4. The molecule has 2 unspecified atom stereocenters. The summed E-state index contributed by atoms with van der Waals surface area (Å²) in [5, 5.41) is 6.38. The maximum Gasteiger partial charge on any atom is 0.752 e. The zero-order valence-electron chi connectivity index (χ0n) is 4.38. The molecule has 9 heteroatoms. The average Bonchev–Trinajstić information content (AvgIpc) is 1.58. The zero-order chi connectivity index (χ0) is 8.15. The van der Waals surface area contributed by atoms with Crippen molar-refractivity contribution in [3.8, 4) is 0 Å². The van der Waals surface area contributed by atoms with Crippen LogP contribution in [-0.4, -0.2) is 11.0 Å². The minimum atomic E-state index is -3.26. The summed E-state index contributed by atoms with van der Waals surface area (Å²) in [7, 11) is -6.30. The van der Waals surface area contributed by atoms with Gasteiger partial charge in [0.1, 0.15) is 0 Å². The fourth-order valence-corrected chi connectivity index (χ4v) is 0.566. The van der Waals surface area contributed by atoms with E-state index < -0.39 is 22.6 Å². The van der Waals surface area contributed by atoms with Gasteiger partial charge in [-0.15, -0.1) is 4.89 Å². The van der Waals surface area contributed by atoms with Crippen molar-refractivity contribution < 1.29 is 28.0 Å². The average molecular weight is 186 g/mol. The molecule has 0 spiro atoms. The fraction of sp³-hybridized carbons (Fsp3) is 0. The van der Waals surface area contributed by atoms with Gasteiger partial charge in [-0.25, -0.2) is 5.41 Å². The first-order valence-electron chi connectivity index (χ1n) is 1.77. The maximum absolute atomic E-state index is 9.70. The normalized spacial score (nSPS) is 11.8. The van der Waals surface area contributed by atoms with Crippen molar-refractivity contribution in [3.05, 3.63) is 0 Å². The SMILES string of the molecule is N=C(O[P+](=O)[O-])O[P+](=O)O. The Kier molecular flexibility index (Phi) is 3.99. The molecule has 0 bridgehead atoms. The van der Waals surface area contributed by atoms with Crippen molar-refractivity contribution in [2.24, 2.45) is 0 Å². The fourth-order valence-electron chi connectivity index (χ4n) is 0.155.